The van der Waals surface area contributed by atoms with Gasteiger partial charge in [0, 0.05) is 29.2 Å². The first-order chi connectivity index (χ1) is 12.9. The summed E-state index contributed by atoms with van der Waals surface area (Å²) in [6.07, 6.45) is 1.36. The minimum Gasteiger partial charge on any atom is -0.343 e. The number of carbonyl (C=O) groups is 3. The number of hydrogen-bond donors (Lipinski definition) is 2. The summed E-state index contributed by atoms with van der Waals surface area (Å²) >= 11 is 5.65. The highest BCUT2D eigenvalue weighted by atomic mass is 35.5. The molecule has 0 saturated carbocycles. The summed E-state index contributed by atoms with van der Waals surface area (Å²) in [6, 6.07) is 10.5. The fraction of sp³-hybridized carbons (Fsp3) is 0.211. The van der Waals surface area contributed by atoms with Crippen LogP contribution in [0.5, 0.6) is 0 Å². The standard InChI is InChI=1S/C19H17ClFN3O3/c20-13-5-8-16(15(21)10-13)23-17(25)11-22-19(27)12-3-6-14(7-4-12)24-9-1-2-18(24)26/h3-8,10H,1-2,9,11H2,(H,22,27)(H,23,25). The second-order valence-corrected chi connectivity index (χ2v) is 6.49. The van der Waals surface area contributed by atoms with Crippen LogP contribution in [0.25, 0.3) is 0 Å². The van der Waals surface area contributed by atoms with E-state index in [4.69, 9.17) is 11.6 Å². The minimum absolute atomic E-state index is 0.0155. The lowest BCUT2D eigenvalue weighted by atomic mass is 10.2. The Hall–Kier alpha value is -2.93. The van der Waals surface area contributed by atoms with Gasteiger partial charge >= 0.3 is 0 Å². The van der Waals surface area contributed by atoms with Gasteiger partial charge in [0.1, 0.15) is 5.82 Å². The Balaban J connectivity index is 1.54. The molecule has 1 saturated heterocycles. The van der Waals surface area contributed by atoms with Gasteiger partial charge in [-0.3, -0.25) is 14.4 Å². The van der Waals surface area contributed by atoms with Crippen LogP contribution in [0.2, 0.25) is 5.02 Å². The lowest BCUT2D eigenvalue weighted by Gasteiger charge is -2.15. The monoisotopic (exact) mass is 389 g/mol. The van der Waals surface area contributed by atoms with E-state index < -0.39 is 17.6 Å². The van der Waals surface area contributed by atoms with Crippen LogP contribution < -0.4 is 15.5 Å². The summed E-state index contributed by atoms with van der Waals surface area (Å²) in [5.74, 6) is -1.60. The Morgan fingerprint density at radius 1 is 1.15 bits per heavy atom. The number of hydrogen-bond acceptors (Lipinski definition) is 3. The minimum atomic E-state index is -0.658. The summed E-state index contributed by atoms with van der Waals surface area (Å²) in [6.45, 7) is 0.360. The molecule has 2 aromatic rings. The van der Waals surface area contributed by atoms with E-state index in [0.717, 1.165) is 18.2 Å². The molecular formula is C19H17ClFN3O3. The van der Waals surface area contributed by atoms with E-state index in [0.29, 0.717) is 18.5 Å². The maximum atomic E-state index is 13.7. The van der Waals surface area contributed by atoms with Crippen LogP contribution in [0.15, 0.2) is 42.5 Å². The van der Waals surface area contributed by atoms with Crippen molar-refractivity contribution in [2.45, 2.75) is 12.8 Å². The van der Waals surface area contributed by atoms with Crippen LogP contribution in [0, 0.1) is 5.82 Å². The fourth-order valence-corrected chi connectivity index (χ4v) is 2.92. The molecule has 1 fully saturated rings. The zero-order valence-corrected chi connectivity index (χ0v) is 15.1. The lowest BCUT2D eigenvalue weighted by Crippen LogP contribution is -2.33. The van der Waals surface area contributed by atoms with Gasteiger partial charge < -0.3 is 15.5 Å². The van der Waals surface area contributed by atoms with Crippen molar-refractivity contribution in [3.63, 3.8) is 0 Å². The van der Waals surface area contributed by atoms with Crippen LogP contribution in [0.3, 0.4) is 0 Å². The van der Waals surface area contributed by atoms with Crippen LogP contribution in [-0.2, 0) is 9.59 Å². The molecule has 1 heterocycles. The van der Waals surface area contributed by atoms with Gasteiger partial charge in [-0.15, -0.1) is 0 Å². The van der Waals surface area contributed by atoms with Crippen molar-refractivity contribution in [2.75, 3.05) is 23.3 Å². The maximum absolute atomic E-state index is 13.7. The van der Waals surface area contributed by atoms with E-state index >= 15 is 0 Å². The van der Waals surface area contributed by atoms with Crippen LogP contribution in [-0.4, -0.2) is 30.8 Å². The summed E-state index contributed by atoms with van der Waals surface area (Å²) in [5, 5.41) is 5.05. The van der Waals surface area contributed by atoms with Gasteiger partial charge in [0.15, 0.2) is 0 Å². The Labute approximate surface area is 160 Å². The van der Waals surface area contributed by atoms with Crippen molar-refractivity contribution in [1.82, 2.24) is 5.32 Å². The first kappa shape index (κ1) is 18.8. The molecule has 140 valence electrons. The lowest BCUT2D eigenvalue weighted by molar-refractivity contribution is -0.117. The van der Waals surface area contributed by atoms with Crippen molar-refractivity contribution in [2.24, 2.45) is 0 Å². The maximum Gasteiger partial charge on any atom is 0.251 e. The molecule has 3 amide bonds. The summed E-state index contributed by atoms with van der Waals surface area (Å²) in [4.78, 5) is 37.4. The van der Waals surface area contributed by atoms with E-state index in [2.05, 4.69) is 10.6 Å². The van der Waals surface area contributed by atoms with E-state index in [-0.39, 0.29) is 23.2 Å². The molecule has 8 heteroatoms. The number of amides is 3. The predicted molar refractivity (Wildman–Crippen MR) is 100 cm³/mol. The SMILES string of the molecule is O=C(CNC(=O)c1ccc(N2CCCC2=O)cc1)Nc1ccc(Cl)cc1F. The molecule has 0 radical (unpaired) electrons. The number of benzene rings is 2. The first-order valence-corrected chi connectivity index (χ1v) is 8.75. The van der Waals surface area contributed by atoms with Crippen molar-refractivity contribution in [3.05, 3.63) is 58.9 Å². The van der Waals surface area contributed by atoms with E-state index in [9.17, 15) is 18.8 Å². The third kappa shape index (κ3) is 4.62. The van der Waals surface area contributed by atoms with E-state index in [1.165, 1.54) is 12.1 Å². The molecule has 0 atom stereocenters. The van der Waals surface area contributed by atoms with Crippen LogP contribution in [0.4, 0.5) is 15.8 Å². The molecular weight excluding hydrogens is 373 g/mol. The molecule has 2 N–H and O–H groups in total. The molecule has 0 aliphatic carbocycles. The number of anilines is 2. The number of nitrogens with one attached hydrogen (secondary N) is 2. The normalized spacial score (nSPS) is 13.6. The van der Waals surface area contributed by atoms with E-state index in [1.54, 1.807) is 29.2 Å². The fourth-order valence-electron chi connectivity index (χ4n) is 2.76. The number of carbonyl (C=O) groups excluding carboxylic acids is 3. The average molecular weight is 390 g/mol. The third-order valence-electron chi connectivity index (χ3n) is 4.13. The summed E-state index contributed by atoms with van der Waals surface area (Å²) < 4.78 is 13.7. The molecule has 6 nitrogen and oxygen atoms in total. The zero-order valence-electron chi connectivity index (χ0n) is 14.3. The second kappa shape index (κ2) is 8.18. The largest absolute Gasteiger partial charge is 0.343 e. The predicted octanol–water partition coefficient (Wildman–Crippen LogP) is 2.97. The number of halogens is 2. The van der Waals surface area contributed by atoms with Gasteiger partial charge in [-0.1, -0.05) is 11.6 Å². The Morgan fingerprint density at radius 2 is 1.89 bits per heavy atom. The van der Waals surface area contributed by atoms with Crippen molar-refractivity contribution >= 4 is 40.7 Å². The molecule has 0 unspecified atom stereocenters. The molecule has 0 spiro atoms. The van der Waals surface area contributed by atoms with Gasteiger partial charge in [0.25, 0.3) is 5.91 Å². The molecule has 1 aliphatic rings. The molecule has 3 rings (SSSR count). The summed E-state index contributed by atoms with van der Waals surface area (Å²) in [5.41, 5.74) is 1.08. The molecule has 2 aromatic carbocycles. The first-order valence-electron chi connectivity index (χ1n) is 8.37. The molecule has 0 bridgehead atoms. The van der Waals surface area contributed by atoms with E-state index in [1.807, 2.05) is 0 Å². The van der Waals surface area contributed by atoms with Gasteiger partial charge in [-0.2, -0.15) is 0 Å². The Kier molecular flexibility index (Phi) is 5.71. The van der Waals surface area contributed by atoms with Crippen molar-refractivity contribution in [1.29, 1.82) is 0 Å². The molecule has 1 aliphatic heterocycles. The van der Waals surface area contributed by atoms with Gasteiger partial charge in [-0.25, -0.2) is 4.39 Å². The highest BCUT2D eigenvalue weighted by Crippen LogP contribution is 2.21. The van der Waals surface area contributed by atoms with Gasteiger partial charge in [-0.05, 0) is 48.9 Å². The van der Waals surface area contributed by atoms with Gasteiger partial charge in [0.05, 0.1) is 12.2 Å². The molecule has 0 aromatic heterocycles. The quantitative estimate of drug-likeness (QED) is 0.825. The Morgan fingerprint density at radius 3 is 2.52 bits per heavy atom. The average Bonchev–Trinajstić information content (AvgIpc) is 3.08. The van der Waals surface area contributed by atoms with Crippen molar-refractivity contribution < 1.29 is 18.8 Å². The molecule has 27 heavy (non-hydrogen) atoms. The highest BCUT2D eigenvalue weighted by molar-refractivity contribution is 6.30. The second-order valence-electron chi connectivity index (χ2n) is 6.05. The summed E-state index contributed by atoms with van der Waals surface area (Å²) in [7, 11) is 0. The van der Waals surface area contributed by atoms with Crippen LogP contribution in [0.1, 0.15) is 23.2 Å². The number of nitrogens with zero attached hydrogens (tertiary/aromatic N) is 1. The van der Waals surface area contributed by atoms with Crippen molar-refractivity contribution in [3.8, 4) is 0 Å². The van der Waals surface area contributed by atoms with Crippen LogP contribution >= 0.6 is 11.6 Å². The number of rotatable bonds is 5. The topological polar surface area (TPSA) is 78.5 Å². The zero-order chi connectivity index (χ0) is 19.4. The van der Waals surface area contributed by atoms with Gasteiger partial charge in [0.2, 0.25) is 11.8 Å². The smallest absolute Gasteiger partial charge is 0.251 e. The third-order valence-corrected chi connectivity index (χ3v) is 4.36. The Bertz CT molecular complexity index is 886. The highest BCUT2D eigenvalue weighted by Gasteiger charge is 2.21.